The van der Waals surface area contributed by atoms with E-state index < -0.39 is 310 Å². The van der Waals surface area contributed by atoms with Crippen LogP contribution in [0.4, 0.5) is 0 Å². The highest BCUT2D eigenvalue weighted by molar-refractivity contribution is 6.21. The van der Waals surface area contributed by atoms with Crippen molar-refractivity contribution in [3.8, 4) is 0 Å². The third-order valence-corrected chi connectivity index (χ3v) is 19.0. The normalized spacial score (nSPS) is 50.5. The second-order valence-corrected chi connectivity index (χ2v) is 25.0. The van der Waals surface area contributed by atoms with Gasteiger partial charge in [0.15, 0.2) is 50.3 Å². The number of hydrogen-bond donors (Lipinski definition) is 23. The van der Waals surface area contributed by atoms with Crippen LogP contribution in [0.15, 0.2) is 24.3 Å². The highest BCUT2D eigenvalue weighted by Crippen LogP contribution is 2.40. The molecule has 0 saturated carbocycles. The molecular formula is C56H87NO43. The predicted octanol–water partition coefficient (Wildman–Crippen LogP) is -17.8. The van der Waals surface area contributed by atoms with Crippen LogP contribution in [-0.2, 0) is 75.8 Å². The Hall–Kier alpha value is -3.28. The first-order valence-electron chi connectivity index (χ1n) is 31.3. The van der Waals surface area contributed by atoms with Gasteiger partial charge in [-0.3, -0.25) is 14.5 Å². The largest absolute Gasteiger partial charge is 0.412 e. The van der Waals surface area contributed by atoms with Crippen LogP contribution in [-0.4, -0.2) is 444 Å². The van der Waals surface area contributed by atoms with E-state index in [1.54, 1.807) is 0 Å². The standard InChI is InChI=1S/C56H83NO41.2H2O/c58-6-16-40-25(67)33(75)51(85-16)94-42-18(8-60)87-53(35(77)27(42)69)96-44-20(10-62)89-55(37(79)29(44)71)98-46-22(12-64)90-56(38(80)30(46)72)97-45-21(11-63)88-54(36(78)28(45)70)95-43-19(9-61)86-52(34(76)26(43)68)93-41-17(7-59)84-50(32(74)24(41)66)91-39-15(83-49(92-40)31(73)23(39)65)5-57-47(81)13-3-1-2-4-14(13)48(57)82;;/h1-4,15-46,49-56,58-80H,5-12H2;2*1H2/t15-,16-,17-,18-,19-,20-,21-,22-,23-,24-,25-,26-,27-,28-,29-,30-,31-,32-,33-,34-,35-,36-,37-,38-,39-,40-,41-,42-,43-,44-,45-,46-,49-,50-,51-,52-,53-,54-,55-,56-;;/m1../s1. The van der Waals surface area contributed by atoms with Gasteiger partial charge in [0.1, 0.15) is 195 Å². The van der Waals surface area contributed by atoms with Gasteiger partial charge >= 0.3 is 0 Å². The van der Waals surface area contributed by atoms with Crippen molar-refractivity contribution in [2.75, 3.05) is 52.8 Å². The Kier molecular flexibility index (Phi) is 27.2. The minimum Gasteiger partial charge on any atom is -0.412 e. The Morgan fingerprint density at radius 2 is 0.390 bits per heavy atom. The van der Waals surface area contributed by atoms with Gasteiger partial charge in [0, 0.05) is 0 Å². The van der Waals surface area contributed by atoms with Gasteiger partial charge in [-0.25, -0.2) is 0 Å². The number of carbonyl (C=O) groups excluding carboxylic acids is 2. The number of carbonyl (C=O) groups is 2. The molecule has 0 aromatic heterocycles. The minimum atomic E-state index is -2.37. The average molecular weight is 1460 g/mol. The minimum absolute atomic E-state index is 0. The molecule has 40 atom stereocenters. The van der Waals surface area contributed by atoms with Crippen molar-refractivity contribution in [1.29, 1.82) is 0 Å². The van der Waals surface area contributed by atoms with Crippen molar-refractivity contribution < 1.29 is 214 Å². The van der Waals surface area contributed by atoms with Crippen molar-refractivity contribution in [2.24, 2.45) is 0 Å². The number of fused-ring (bicyclic) bond motifs is 1. The summed E-state index contributed by atoms with van der Waals surface area (Å²) in [5.74, 6) is -1.82. The molecule has 1 aromatic carbocycles. The maximum Gasteiger partial charge on any atom is 0.261 e. The molecule has 2 amide bonds. The number of nitrogens with zero attached hydrogens (tertiary/aromatic N) is 1. The van der Waals surface area contributed by atoms with E-state index >= 15 is 0 Å². The van der Waals surface area contributed by atoms with Crippen molar-refractivity contribution in [3.05, 3.63) is 35.4 Å². The summed E-state index contributed by atoms with van der Waals surface area (Å²) in [5.41, 5.74) is -0.169. The van der Waals surface area contributed by atoms with E-state index in [0.29, 0.717) is 4.90 Å². The fourth-order valence-electron chi connectivity index (χ4n) is 13.5. The first kappa shape index (κ1) is 80.8. The summed E-state index contributed by atoms with van der Waals surface area (Å²) in [6, 6.07) is 5.54. The lowest BCUT2D eigenvalue weighted by Crippen LogP contribution is -2.69. The Morgan fingerprint density at radius 3 is 0.550 bits per heavy atom. The third kappa shape index (κ3) is 15.2. The number of benzene rings is 1. The molecule has 574 valence electrons. The van der Waals surface area contributed by atoms with E-state index in [0.717, 1.165) is 0 Å². The molecular weight excluding hydrogens is 1370 g/mol. The van der Waals surface area contributed by atoms with Gasteiger partial charge in [-0.1, -0.05) is 12.1 Å². The van der Waals surface area contributed by atoms with Crippen LogP contribution < -0.4 is 0 Å². The zero-order valence-corrected chi connectivity index (χ0v) is 52.1. The lowest BCUT2D eigenvalue weighted by molar-refractivity contribution is -0.403. The Morgan fingerprint density at radius 1 is 0.240 bits per heavy atom. The number of ether oxygens (including phenoxy) is 16. The summed E-state index contributed by atoms with van der Waals surface area (Å²) in [7, 11) is 0. The van der Waals surface area contributed by atoms with Gasteiger partial charge in [0.2, 0.25) is 0 Å². The van der Waals surface area contributed by atoms with E-state index in [9.17, 15) is 127 Å². The number of amides is 2. The molecule has 44 heteroatoms. The zero-order chi connectivity index (χ0) is 70.8. The topological polar surface area (TPSA) is 713 Å². The zero-order valence-electron chi connectivity index (χ0n) is 52.1. The number of imide groups is 1. The number of aliphatic hydroxyl groups excluding tert-OH is 23. The summed E-state index contributed by atoms with van der Waals surface area (Å²) in [4.78, 5) is 28.2. The average Bonchev–Trinajstić information content (AvgIpc) is 1.17. The highest BCUT2D eigenvalue weighted by Gasteiger charge is 2.61. The second-order valence-electron chi connectivity index (χ2n) is 25.0. The van der Waals surface area contributed by atoms with E-state index in [4.69, 9.17) is 75.8 Å². The monoisotopic (exact) mass is 1460 g/mol. The molecule has 0 unspecified atom stereocenters. The molecule has 32 rings (SSSR count). The van der Waals surface area contributed by atoms with Crippen molar-refractivity contribution in [3.63, 3.8) is 0 Å². The van der Waals surface area contributed by atoms with Crippen LogP contribution in [0.1, 0.15) is 20.7 Å². The summed E-state index contributed by atoms with van der Waals surface area (Å²) >= 11 is 0. The van der Waals surface area contributed by atoms with E-state index in [2.05, 4.69) is 0 Å². The van der Waals surface area contributed by atoms with E-state index in [-0.39, 0.29) is 22.1 Å². The molecule has 30 saturated heterocycles. The Bertz CT molecular complexity index is 2740. The first-order valence-corrected chi connectivity index (χ1v) is 31.3. The van der Waals surface area contributed by atoms with Crippen LogP contribution >= 0.6 is 0 Å². The third-order valence-electron chi connectivity index (χ3n) is 19.0. The SMILES string of the molecule is O.O.O=C1c2ccccc2C(=O)N1C[C@H]1O[C@@H]2O[C@H]3[C@H](O)[C@@H](O)[C@@H](O[C@H]4[C@H](O)[C@@H](O)[C@@H](O[C@H]5[C@H](O)[C@@H](O)[C@@H](O[C@H]6[C@H](O)[C@@H](O)[C@@H](O[C@H]7[C@H](O)[C@@H](O)[C@@H](O[C@H]8[C@H](O)[C@@H](O)[C@@H](O[C@H]9[C@H](O)[C@@H](O)[C@@H](O[C@H]1[C@H](O)[C@H]2O)O[C@@H]9CO)O[C@@H]8CO)O[C@@H]7CO)O[C@@H]6CO)O[C@@H]5CO)O[C@@H]4CO)O[C@@H]3CO. The molecule has 30 fully saturated rings. The molecule has 0 aliphatic carbocycles. The van der Waals surface area contributed by atoms with Gasteiger partial charge in [-0.2, -0.15) is 0 Å². The van der Waals surface area contributed by atoms with Gasteiger partial charge in [-0.15, -0.1) is 0 Å². The van der Waals surface area contributed by atoms with Gasteiger partial charge in [-0.05, 0) is 12.1 Å². The molecule has 0 radical (unpaired) electrons. The molecule has 16 bridgehead atoms. The summed E-state index contributed by atoms with van der Waals surface area (Å²) < 4.78 is 92.6. The predicted molar refractivity (Wildman–Crippen MR) is 303 cm³/mol. The number of hydrogen-bond acceptors (Lipinski definition) is 41. The highest BCUT2D eigenvalue weighted by atomic mass is 16.8. The first-order chi connectivity index (χ1) is 46.7. The maximum absolute atomic E-state index is 13.8. The summed E-state index contributed by atoms with van der Waals surface area (Å²) in [6.07, 6.45) is -84.3. The molecule has 27 N–H and O–H groups in total. The molecule has 0 spiro atoms. The number of aliphatic hydroxyl groups is 23. The maximum atomic E-state index is 13.8. The van der Waals surface area contributed by atoms with E-state index in [1.807, 2.05) is 0 Å². The molecule has 1 aromatic rings. The van der Waals surface area contributed by atoms with Crippen LogP contribution in [0.2, 0.25) is 0 Å². The molecule has 31 heterocycles. The molecule has 31 aliphatic heterocycles. The summed E-state index contributed by atoms with van der Waals surface area (Å²) in [6.45, 7) is -8.69. The van der Waals surface area contributed by atoms with Crippen LogP contribution in [0, 0.1) is 0 Å². The summed E-state index contributed by atoms with van der Waals surface area (Å²) in [5, 5.41) is 259. The molecule has 44 nitrogen and oxygen atoms in total. The van der Waals surface area contributed by atoms with Crippen molar-refractivity contribution >= 4 is 11.8 Å². The van der Waals surface area contributed by atoms with Crippen LogP contribution in [0.25, 0.3) is 0 Å². The van der Waals surface area contributed by atoms with Gasteiger partial charge in [0.05, 0.1) is 63.9 Å². The smallest absolute Gasteiger partial charge is 0.261 e. The van der Waals surface area contributed by atoms with Gasteiger partial charge < -0.3 is 204 Å². The van der Waals surface area contributed by atoms with Crippen molar-refractivity contribution in [2.45, 2.75) is 246 Å². The van der Waals surface area contributed by atoms with Gasteiger partial charge in [0.25, 0.3) is 11.8 Å². The van der Waals surface area contributed by atoms with Crippen LogP contribution in [0.5, 0.6) is 0 Å². The molecule has 31 aliphatic rings. The van der Waals surface area contributed by atoms with E-state index in [1.165, 1.54) is 24.3 Å². The van der Waals surface area contributed by atoms with Crippen molar-refractivity contribution in [1.82, 2.24) is 4.90 Å². The Balaban J connectivity index is 0.00000583. The quantitative estimate of drug-likeness (QED) is 0.102. The lowest BCUT2D eigenvalue weighted by atomic mass is 9.94. The second kappa shape index (κ2) is 33.7. The van der Waals surface area contributed by atoms with Crippen LogP contribution in [0.3, 0.4) is 0 Å². The fourth-order valence-corrected chi connectivity index (χ4v) is 13.5. The fraction of sp³-hybridized carbons (Fsp3) is 0.857. The number of rotatable bonds is 9. The Labute approximate surface area is 563 Å². The lowest BCUT2D eigenvalue weighted by Gasteiger charge is -2.50. The molecule has 100 heavy (non-hydrogen) atoms.